The fourth-order valence-electron chi connectivity index (χ4n) is 5.57. The van der Waals surface area contributed by atoms with Crippen molar-refractivity contribution in [3.05, 3.63) is 42.6 Å². The van der Waals surface area contributed by atoms with Crippen molar-refractivity contribution in [1.29, 1.82) is 0 Å². The maximum Gasteiger partial charge on any atom is 0.225 e. The van der Waals surface area contributed by atoms with E-state index in [0.717, 1.165) is 64.2 Å². The Hall–Kier alpha value is -2.12. The third-order valence-corrected chi connectivity index (χ3v) is 7.18. The molecule has 3 aliphatic rings. The van der Waals surface area contributed by atoms with Crippen LogP contribution in [0.25, 0.3) is 0 Å². The van der Waals surface area contributed by atoms with Crippen LogP contribution in [0.1, 0.15) is 37.5 Å². The van der Waals surface area contributed by atoms with E-state index in [2.05, 4.69) is 14.9 Å². The first-order valence-electron chi connectivity index (χ1n) is 10.9. The Kier molecular flexibility index (Phi) is 5.18. The molecular formula is C22H30N4O3. The predicted octanol–water partition coefficient (Wildman–Crippen LogP) is 2.16. The lowest BCUT2D eigenvalue weighted by atomic mass is 9.77. The van der Waals surface area contributed by atoms with Crippen LogP contribution in [0.2, 0.25) is 0 Å². The summed E-state index contributed by atoms with van der Waals surface area (Å²) in [7, 11) is 0. The number of furan rings is 1. The van der Waals surface area contributed by atoms with Crippen LogP contribution in [-0.4, -0.2) is 62.9 Å². The smallest absolute Gasteiger partial charge is 0.225 e. The van der Waals surface area contributed by atoms with Crippen LogP contribution in [0.3, 0.4) is 0 Å². The second-order valence-electron chi connectivity index (χ2n) is 8.99. The van der Waals surface area contributed by atoms with E-state index in [1.807, 2.05) is 29.1 Å². The number of aliphatic hydroxyl groups excluding tert-OH is 1. The van der Waals surface area contributed by atoms with Gasteiger partial charge < -0.3 is 14.4 Å². The number of aliphatic hydroxyl groups is 1. The highest BCUT2D eigenvalue weighted by Gasteiger charge is 2.44. The second-order valence-corrected chi connectivity index (χ2v) is 8.99. The van der Waals surface area contributed by atoms with Gasteiger partial charge in [0.15, 0.2) is 0 Å². The van der Waals surface area contributed by atoms with E-state index in [9.17, 15) is 9.90 Å². The van der Waals surface area contributed by atoms with Gasteiger partial charge in [-0.3, -0.25) is 14.4 Å². The van der Waals surface area contributed by atoms with E-state index in [1.54, 1.807) is 12.5 Å². The zero-order chi connectivity index (χ0) is 19.8. The van der Waals surface area contributed by atoms with Gasteiger partial charge in [-0.05, 0) is 68.8 Å². The number of fused-ring (bicyclic) bond motifs is 1. The predicted molar refractivity (Wildman–Crippen MR) is 107 cm³/mol. The molecule has 1 aliphatic carbocycles. The topological polar surface area (TPSA) is 74.7 Å². The monoisotopic (exact) mass is 398 g/mol. The van der Waals surface area contributed by atoms with Gasteiger partial charge >= 0.3 is 0 Å². The lowest BCUT2D eigenvalue weighted by molar-refractivity contribution is -0.136. The number of likely N-dealkylation sites (tertiary alicyclic amines) is 2. The van der Waals surface area contributed by atoms with E-state index >= 15 is 0 Å². The van der Waals surface area contributed by atoms with Crippen molar-refractivity contribution in [2.75, 3.05) is 26.2 Å². The standard InChI is InChI=1S/C22H30N4O3/c27-21-12-18-14-25(13-17(18)11-20(21)26-7-2-6-23-26)22(28)16-4-8-24(9-5-16)15-19-3-1-10-29-19/h1-3,6-7,10,16-18,20-21,27H,4-5,8-9,11-15H2/t17-,18+,20-,21-/m1/s1. The first-order chi connectivity index (χ1) is 14.2. The van der Waals surface area contributed by atoms with E-state index in [0.29, 0.717) is 17.7 Å². The van der Waals surface area contributed by atoms with Crippen molar-refractivity contribution in [2.45, 2.75) is 44.4 Å². The summed E-state index contributed by atoms with van der Waals surface area (Å²) in [5.41, 5.74) is 0. The molecule has 4 heterocycles. The second kappa shape index (κ2) is 7.95. The minimum absolute atomic E-state index is 0.0335. The molecule has 0 spiro atoms. The molecule has 0 aromatic carbocycles. The molecular weight excluding hydrogens is 368 g/mol. The number of hydrogen-bond acceptors (Lipinski definition) is 5. The highest BCUT2D eigenvalue weighted by Crippen LogP contribution is 2.41. The number of piperidine rings is 1. The molecule has 0 radical (unpaired) electrons. The molecule has 1 N–H and O–H groups in total. The molecule has 156 valence electrons. The molecule has 2 aliphatic heterocycles. The highest BCUT2D eigenvalue weighted by molar-refractivity contribution is 5.79. The number of carbonyl (C=O) groups excluding carboxylic acids is 1. The van der Waals surface area contributed by atoms with Crippen LogP contribution in [-0.2, 0) is 11.3 Å². The van der Waals surface area contributed by atoms with Crippen molar-refractivity contribution in [3.8, 4) is 0 Å². The minimum Gasteiger partial charge on any atom is -0.468 e. The largest absolute Gasteiger partial charge is 0.468 e. The van der Waals surface area contributed by atoms with Crippen LogP contribution in [0.5, 0.6) is 0 Å². The summed E-state index contributed by atoms with van der Waals surface area (Å²) in [4.78, 5) is 17.6. The summed E-state index contributed by atoms with van der Waals surface area (Å²) < 4.78 is 7.34. The fourth-order valence-corrected chi connectivity index (χ4v) is 5.57. The molecule has 1 amide bonds. The van der Waals surface area contributed by atoms with E-state index < -0.39 is 0 Å². The molecule has 2 aromatic heterocycles. The first-order valence-corrected chi connectivity index (χ1v) is 10.9. The average molecular weight is 399 g/mol. The zero-order valence-corrected chi connectivity index (χ0v) is 16.8. The molecule has 7 heteroatoms. The lowest BCUT2D eigenvalue weighted by Gasteiger charge is -2.35. The van der Waals surface area contributed by atoms with Crippen LogP contribution < -0.4 is 0 Å². The lowest BCUT2D eigenvalue weighted by Crippen LogP contribution is -2.41. The molecule has 0 unspecified atom stereocenters. The summed E-state index contributed by atoms with van der Waals surface area (Å²) in [6, 6.07) is 5.87. The van der Waals surface area contributed by atoms with Gasteiger partial charge in [0.05, 0.1) is 25.0 Å². The normalized spacial score (nSPS) is 31.1. The Labute approximate surface area is 171 Å². The maximum absolute atomic E-state index is 13.2. The molecule has 29 heavy (non-hydrogen) atoms. The van der Waals surface area contributed by atoms with E-state index in [4.69, 9.17) is 4.42 Å². The Morgan fingerprint density at radius 1 is 1.17 bits per heavy atom. The van der Waals surface area contributed by atoms with Gasteiger partial charge in [-0.1, -0.05) is 0 Å². The molecule has 4 atom stereocenters. The number of amides is 1. The summed E-state index contributed by atoms with van der Waals surface area (Å²) in [5, 5.41) is 14.9. The molecule has 1 saturated carbocycles. The number of nitrogens with zero attached hydrogens (tertiary/aromatic N) is 4. The third-order valence-electron chi connectivity index (χ3n) is 7.18. The number of aromatic nitrogens is 2. The van der Waals surface area contributed by atoms with E-state index in [1.165, 1.54) is 0 Å². The van der Waals surface area contributed by atoms with Crippen LogP contribution in [0.15, 0.2) is 41.3 Å². The van der Waals surface area contributed by atoms with E-state index in [-0.39, 0.29) is 18.1 Å². The van der Waals surface area contributed by atoms with Gasteiger partial charge in [-0.15, -0.1) is 0 Å². The Balaban J connectivity index is 1.15. The number of hydrogen-bond donors (Lipinski definition) is 1. The molecule has 3 fully saturated rings. The fraction of sp³-hybridized carbons (Fsp3) is 0.636. The Morgan fingerprint density at radius 3 is 2.66 bits per heavy atom. The van der Waals surface area contributed by atoms with Gasteiger partial charge in [0.25, 0.3) is 0 Å². The van der Waals surface area contributed by atoms with Gasteiger partial charge in [0, 0.05) is 31.4 Å². The summed E-state index contributed by atoms with van der Waals surface area (Å²) in [5.74, 6) is 2.33. The van der Waals surface area contributed by atoms with Crippen LogP contribution in [0.4, 0.5) is 0 Å². The molecule has 7 nitrogen and oxygen atoms in total. The zero-order valence-electron chi connectivity index (χ0n) is 16.8. The molecule has 0 bridgehead atoms. The molecule has 2 aromatic rings. The van der Waals surface area contributed by atoms with Crippen molar-refractivity contribution < 1.29 is 14.3 Å². The number of rotatable bonds is 4. The van der Waals surface area contributed by atoms with Crippen molar-refractivity contribution >= 4 is 5.91 Å². The highest BCUT2D eigenvalue weighted by atomic mass is 16.3. The Morgan fingerprint density at radius 2 is 1.97 bits per heavy atom. The van der Waals surface area contributed by atoms with Crippen molar-refractivity contribution in [2.24, 2.45) is 17.8 Å². The van der Waals surface area contributed by atoms with Crippen molar-refractivity contribution in [1.82, 2.24) is 19.6 Å². The molecule has 5 rings (SSSR count). The van der Waals surface area contributed by atoms with Gasteiger partial charge in [-0.25, -0.2) is 0 Å². The summed E-state index contributed by atoms with van der Waals surface area (Å²) in [6.45, 7) is 4.35. The third kappa shape index (κ3) is 3.85. The summed E-state index contributed by atoms with van der Waals surface area (Å²) >= 11 is 0. The Bertz CT molecular complexity index is 798. The maximum atomic E-state index is 13.2. The van der Waals surface area contributed by atoms with Crippen LogP contribution >= 0.6 is 0 Å². The van der Waals surface area contributed by atoms with Gasteiger partial charge in [0.1, 0.15) is 5.76 Å². The van der Waals surface area contributed by atoms with Crippen LogP contribution in [0, 0.1) is 17.8 Å². The summed E-state index contributed by atoms with van der Waals surface area (Å²) in [6.07, 6.45) is 8.54. The number of carbonyl (C=O) groups is 1. The SMILES string of the molecule is O=C(C1CCN(Cc2ccco2)CC1)N1C[C@H]2C[C@@H](n3cccn3)[C@H](O)C[C@H]2C1. The average Bonchev–Trinajstić information content (AvgIpc) is 3.49. The quantitative estimate of drug-likeness (QED) is 0.854. The molecule has 2 saturated heterocycles. The van der Waals surface area contributed by atoms with Gasteiger partial charge in [0.2, 0.25) is 5.91 Å². The van der Waals surface area contributed by atoms with Crippen molar-refractivity contribution in [3.63, 3.8) is 0 Å². The minimum atomic E-state index is -0.379. The van der Waals surface area contributed by atoms with Gasteiger partial charge in [-0.2, -0.15) is 5.10 Å². The first kappa shape index (κ1) is 18.9.